The summed E-state index contributed by atoms with van der Waals surface area (Å²) in [6.07, 6.45) is 0.205. The molecule has 7 heteroatoms. The summed E-state index contributed by atoms with van der Waals surface area (Å²) in [5.41, 5.74) is 2.21. The van der Waals surface area contributed by atoms with Gasteiger partial charge in [0.05, 0.1) is 19.3 Å². The van der Waals surface area contributed by atoms with Crippen molar-refractivity contribution in [3.05, 3.63) is 17.5 Å². The van der Waals surface area contributed by atoms with Crippen LogP contribution in [0.15, 0.2) is 10.6 Å². The van der Waals surface area contributed by atoms with Crippen molar-refractivity contribution in [3.8, 4) is 0 Å². The summed E-state index contributed by atoms with van der Waals surface area (Å²) < 4.78 is 10.7. The molecule has 0 spiro atoms. The van der Waals surface area contributed by atoms with Gasteiger partial charge in [-0.1, -0.05) is 5.16 Å². The van der Waals surface area contributed by atoms with Crippen molar-refractivity contribution in [1.29, 1.82) is 0 Å². The summed E-state index contributed by atoms with van der Waals surface area (Å²) in [5.74, 6) is 5.23. The van der Waals surface area contributed by atoms with Crippen LogP contribution in [-0.4, -0.2) is 41.3 Å². The van der Waals surface area contributed by atoms with Crippen molar-refractivity contribution in [2.24, 2.45) is 5.84 Å². The van der Waals surface area contributed by atoms with E-state index in [-0.39, 0.29) is 11.8 Å². The molecule has 0 radical (unpaired) electrons. The largest absolute Gasteiger partial charge is 0.376 e. The van der Waals surface area contributed by atoms with E-state index in [1.165, 1.54) is 0 Å². The van der Waals surface area contributed by atoms with Gasteiger partial charge >= 0.3 is 0 Å². The highest BCUT2D eigenvalue weighted by atomic mass is 16.5. The Hall–Kier alpha value is -1.44. The number of hydrogen-bond acceptors (Lipinski definition) is 6. The summed E-state index contributed by atoms with van der Waals surface area (Å²) in [4.78, 5) is 13.5. The smallest absolute Gasteiger partial charge is 0.287 e. The lowest BCUT2D eigenvalue weighted by atomic mass is 10.2. The van der Waals surface area contributed by atoms with Gasteiger partial charge in [-0.25, -0.2) is 5.84 Å². The van der Waals surface area contributed by atoms with E-state index in [0.29, 0.717) is 25.0 Å². The fourth-order valence-corrected chi connectivity index (χ4v) is 1.96. The fourth-order valence-electron chi connectivity index (χ4n) is 1.96. The first-order chi connectivity index (χ1) is 8.60. The van der Waals surface area contributed by atoms with E-state index in [9.17, 15) is 4.79 Å². The topological polar surface area (TPSA) is 93.6 Å². The Labute approximate surface area is 105 Å². The number of aromatic nitrogens is 1. The molecule has 1 aromatic heterocycles. The Balaban J connectivity index is 2.00. The predicted molar refractivity (Wildman–Crippen MR) is 63.4 cm³/mol. The number of amides is 1. The standard InChI is InChI=1S/C11H18N4O3/c1-7-6-17-8(2)4-15(7)5-9-3-10(14-18-9)11(16)13-12/h3,7-8H,4-6,12H2,1-2H3,(H,13,16). The van der Waals surface area contributed by atoms with E-state index < -0.39 is 5.91 Å². The van der Waals surface area contributed by atoms with Crippen molar-refractivity contribution < 1.29 is 14.1 Å². The SMILES string of the molecule is CC1CN(Cc2cc(C(=O)NN)no2)C(C)CO1. The van der Waals surface area contributed by atoms with Gasteiger partial charge in [-0.05, 0) is 13.8 Å². The lowest BCUT2D eigenvalue weighted by molar-refractivity contribution is -0.0550. The molecule has 0 aliphatic carbocycles. The zero-order valence-corrected chi connectivity index (χ0v) is 10.5. The Morgan fingerprint density at radius 2 is 2.44 bits per heavy atom. The monoisotopic (exact) mass is 254 g/mol. The lowest BCUT2D eigenvalue weighted by Crippen LogP contribution is -2.46. The first-order valence-electron chi connectivity index (χ1n) is 5.92. The van der Waals surface area contributed by atoms with Crippen LogP contribution in [0.1, 0.15) is 30.1 Å². The highest BCUT2D eigenvalue weighted by molar-refractivity contribution is 5.91. The van der Waals surface area contributed by atoms with Crippen molar-refractivity contribution in [1.82, 2.24) is 15.5 Å². The molecule has 1 fully saturated rings. The number of nitrogens with two attached hydrogens (primary N) is 1. The number of ether oxygens (including phenoxy) is 1. The number of morpholine rings is 1. The third-order valence-corrected chi connectivity index (χ3v) is 3.02. The second kappa shape index (κ2) is 5.47. The molecule has 2 rings (SSSR count). The molecule has 2 unspecified atom stereocenters. The number of rotatable bonds is 3. The van der Waals surface area contributed by atoms with Crippen LogP contribution in [0.2, 0.25) is 0 Å². The molecule has 0 aromatic carbocycles. The normalized spacial score (nSPS) is 25.1. The van der Waals surface area contributed by atoms with Gasteiger partial charge < -0.3 is 9.26 Å². The zero-order chi connectivity index (χ0) is 13.1. The molecule has 100 valence electrons. The number of nitrogens with zero attached hydrogens (tertiary/aromatic N) is 2. The summed E-state index contributed by atoms with van der Waals surface area (Å²) in [7, 11) is 0. The molecular weight excluding hydrogens is 236 g/mol. The summed E-state index contributed by atoms with van der Waals surface area (Å²) in [5, 5.41) is 3.67. The Bertz CT molecular complexity index is 420. The highest BCUT2D eigenvalue weighted by Crippen LogP contribution is 2.15. The number of hydrazine groups is 1. The number of hydrogen-bond donors (Lipinski definition) is 2. The van der Waals surface area contributed by atoms with Gasteiger partial charge in [-0.15, -0.1) is 0 Å². The minimum atomic E-state index is -0.451. The molecule has 1 saturated heterocycles. The fraction of sp³-hybridized carbons (Fsp3) is 0.636. The second-order valence-corrected chi connectivity index (χ2v) is 4.57. The summed E-state index contributed by atoms with van der Waals surface area (Å²) >= 11 is 0. The molecule has 1 aliphatic heterocycles. The molecule has 1 amide bonds. The van der Waals surface area contributed by atoms with Crippen molar-refractivity contribution in [2.45, 2.75) is 32.5 Å². The molecule has 18 heavy (non-hydrogen) atoms. The van der Waals surface area contributed by atoms with Crippen LogP contribution < -0.4 is 11.3 Å². The van der Waals surface area contributed by atoms with Gasteiger partial charge in [0, 0.05) is 18.7 Å². The number of nitrogens with one attached hydrogen (secondary N) is 1. The third kappa shape index (κ3) is 2.87. The van der Waals surface area contributed by atoms with Crippen LogP contribution in [0, 0.1) is 0 Å². The molecule has 1 aromatic rings. The molecule has 3 N–H and O–H groups in total. The first-order valence-corrected chi connectivity index (χ1v) is 5.92. The average Bonchev–Trinajstić information content (AvgIpc) is 2.81. The van der Waals surface area contributed by atoms with Crippen LogP contribution in [-0.2, 0) is 11.3 Å². The molecule has 2 heterocycles. The van der Waals surface area contributed by atoms with Crippen molar-refractivity contribution >= 4 is 5.91 Å². The Morgan fingerprint density at radius 3 is 3.17 bits per heavy atom. The highest BCUT2D eigenvalue weighted by Gasteiger charge is 2.24. The quantitative estimate of drug-likeness (QED) is 0.444. The maximum atomic E-state index is 11.2. The first kappa shape index (κ1) is 13.0. The van der Waals surface area contributed by atoms with Crippen molar-refractivity contribution in [3.63, 3.8) is 0 Å². The van der Waals surface area contributed by atoms with Crippen LogP contribution in [0.4, 0.5) is 0 Å². The number of carbonyl (C=O) groups is 1. The minimum Gasteiger partial charge on any atom is -0.376 e. The maximum Gasteiger partial charge on any atom is 0.287 e. The van der Waals surface area contributed by atoms with Gasteiger partial charge in [0.25, 0.3) is 5.91 Å². The van der Waals surface area contributed by atoms with Crippen molar-refractivity contribution in [2.75, 3.05) is 13.2 Å². The van der Waals surface area contributed by atoms with E-state index in [1.54, 1.807) is 6.07 Å². The molecule has 7 nitrogen and oxygen atoms in total. The number of carbonyl (C=O) groups excluding carboxylic acids is 1. The number of nitrogen functional groups attached to an aromatic ring is 1. The predicted octanol–water partition coefficient (Wildman–Crippen LogP) is -0.113. The van der Waals surface area contributed by atoms with Crippen LogP contribution >= 0.6 is 0 Å². The van der Waals surface area contributed by atoms with Crippen LogP contribution in [0.3, 0.4) is 0 Å². The minimum absolute atomic E-state index is 0.196. The maximum absolute atomic E-state index is 11.2. The zero-order valence-electron chi connectivity index (χ0n) is 10.5. The Morgan fingerprint density at radius 1 is 1.67 bits per heavy atom. The van der Waals surface area contributed by atoms with E-state index in [0.717, 1.165) is 6.54 Å². The van der Waals surface area contributed by atoms with Gasteiger partial charge in [0.2, 0.25) is 0 Å². The average molecular weight is 254 g/mol. The lowest BCUT2D eigenvalue weighted by Gasteiger charge is -2.35. The molecule has 2 atom stereocenters. The molecule has 1 aliphatic rings. The second-order valence-electron chi connectivity index (χ2n) is 4.57. The third-order valence-electron chi connectivity index (χ3n) is 3.02. The van der Waals surface area contributed by atoms with E-state index in [2.05, 4.69) is 17.0 Å². The van der Waals surface area contributed by atoms with E-state index in [4.69, 9.17) is 15.1 Å². The van der Waals surface area contributed by atoms with E-state index >= 15 is 0 Å². The van der Waals surface area contributed by atoms with Gasteiger partial charge in [0.1, 0.15) is 0 Å². The molecule has 0 saturated carbocycles. The summed E-state index contributed by atoms with van der Waals surface area (Å²) in [6.45, 7) is 6.27. The van der Waals surface area contributed by atoms with Gasteiger partial charge in [0.15, 0.2) is 11.5 Å². The molecule has 0 bridgehead atoms. The van der Waals surface area contributed by atoms with Gasteiger partial charge in [-0.2, -0.15) is 0 Å². The van der Waals surface area contributed by atoms with E-state index in [1.807, 2.05) is 12.3 Å². The van der Waals surface area contributed by atoms with Crippen LogP contribution in [0.5, 0.6) is 0 Å². The Kier molecular flexibility index (Phi) is 3.95. The molecular formula is C11H18N4O3. The van der Waals surface area contributed by atoms with Gasteiger partial charge in [-0.3, -0.25) is 15.1 Å². The van der Waals surface area contributed by atoms with Crippen LogP contribution in [0.25, 0.3) is 0 Å². The summed E-state index contributed by atoms with van der Waals surface area (Å²) in [6, 6.07) is 1.92.